The Morgan fingerprint density at radius 3 is 1.85 bits per heavy atom. The number of benzene rings is 7. The van der Waals surface area contributed by atoms with Crippen molar-refractivity contribution in [1.82, 2.24) is 0 Å². The fraction of sp³-hybridized carbons (Fsp3) is 0. The minimum atomic E-state index is 0.0756. The lowest BCUT2D eigenvalue weighted by Gasteiger charge is -2.11. The highest BCUT2D eigenvalue weighted by molar-refractivity contribution is 6.34. The van der Waals surface area contributed by atoms with Crippen molar-refractivity contribution in [3.8, 4) is 33.4 Å². The molecule has 40 heavy (non-hydrogen) atoms. The van der Waals surface area contributed by atoms with Gasteiger partial charge in [-0.05, 0) is 73.6 Å². The van der Waals surface area contributed by atoms with Crippen molar-refractivity contribution in [3.63, 3.8) is 0 Å². The average Bonchev–Trinajstić information content (AvgIpc) is 3.41. The predicted octanol–water partition coefficient (Wildman–Crippen LogP) is 9.62. The molecule has 8 rings (SSSR count). The number of fused-ring (bicyclic) bond motifs is 3. The SMILES string of the molecule is N=C(N)c1cccc(-c2cccc(-c3ccc(-c4ccc5c6ccccc6c6cccc7oc4c5c76)cc3)c2)c1. The Bertz CT molecular complexity index is 2240. The largest absolute Gasteiger partial charge is 0.455 e. The van der Waals surface area contributed by atoms with Gasteiger partial charge in [-0.1, -0.05) is 103 Å². The summed E-state index contributed by atoms with van der Waals surface area (Å²) < 4.78 is 6.55. The summed E-state index contributed by atoms with van der Waals surface area (Å²) in [7, 11) is 0. The van der Waals surface area contributed by atoms with Crippen LogP contribution < -0.4 is 5.73 Å². The van der Waals surface area contributed by atoms with Gasteiger partial charge >= 0.3 is 0 Å². The Morgan fingerprint density at radius 1 is 0.500 bits per heavy atom. The van der Waals surface area contributed by atoms with Crippen LogP contribution in [0.5, 0.6) is 0 Å². The molecule has 7 aromatic carbocycles. The first-order chi connectivity index (χ1) is 19.7. The molecule has 0 fully saturated rings. The quantitative estimate of drug-likeness (QED) is 0.140. The van der Waals surface area contributed by atoms with Gasteiger partial charge < -0.3 is 10.2 Å². The topological polar surface area (TPSA) is 63.0 Å². The number of furan rings is 1. The van der Waals surface area contributed by atoms with E-state index in [-0.39, 0.29) is 5.84 Å². The number of hydrogen-bond acceptors (Lipinski definition) is 2. The Morgan fingerprint density at radius 2 is 1.10 bits per heavy atom. The van der Waals surface area contributed by atoms with E-state index < -0.39 is 0 Å². The molecule has 0 bridgehead atoms. The molecule has 0 atom stereocenters. The van der Waals surface area contributed by atoms with Crippen molar-refractivity contribution in [3.05, 3.63) is 133 Å². The maximum absolute atomic E-state index is 7.77. The molecule has 0 amide bonds. The number of hydrogen-bond donors (Lipinski definition) is 2. The zero-order valence-corrected chi connectivity index (χ0v) is 21.6. The van der Waals surface area contributed by atoms with Crippen LogP contribution in [0.4, 0.5) is 0 Å². The van der Waals surface area contributed by atoms with E-state index in [9.17, 15) is 0 Å². The van der Waals surface area contributed by atoms with Crippen molar-refractivity contribution < 1.29 is 4.42 Å². The van der Waals surface area contributed by atoms with Crippen molar-refractivity contribution >= 4 is 49.3 Å². The molecule has 3 heteroatoms. The second-order valence-electron chi connectivity index (χ2n) is 10.3. The van der Waals surface area contributed by atoms with Gasteiger partial charge in [0.2, 0.25) is 0 Å². The average molecular weight is 513 g/mol. The third-order valence-electron chi connectivity index (χ3n) is 8.05. The smallest absolute Gasteiger partial charge is 0.143 e. The fourth-order valence-electron chi connectivity index (χ4n) is 6.14. The summed E-state index contributed by atoms with van der Waals surface area (Å²) in [6, 6.07) is 44.4. The third-order valence-corrected chi connectivity index (χ3v) is 8.05. The lowest BCUT2D eigenvalue weighted by atomic mass is 9.91. The van der Waals surface area contributed by atoms with E-state index in [2.05, 4.69) is 109 Å². The molecule has 0 spiro atoms. The van der Waals surface area contributed by atoms with Crippen LogP contribution in [0.1, 0.15) is 5.56 Å². The van der Waals surface area contributed by atoms with Crippen LogP contribution in [0.25, 0.3) is 76.9 Å². The summed E-state index contributed by atoms with van der Waals surface area (Å²) in [6.45, 7) is 0. The highest BCUT2D eigenvalue weighted by Crippen LogP contribution is 2.45. The first kappa shape index (κ1) is 22.6. The minimum absolute atomic E-state index is 0.0756. The van der Waals surface area contributed by atoms with Crippen LogP contribution in [0.3, 0.4) is 0 Å². The van der Waals surface area contributed by atoms with Crippen molar-refractivity contribution in [2.75, 3.05) is 0 Å². The summed E-state index contributed by atoms with van der Waals surface area (Å²) in [6.07, 6.45) is 0. The minimum Gasteiger partial charge on any atom is -0.455 e. The van der Waals surface area contributed by atoms with E-state index in [4.69, 9.17) is 15.6 Å². The second-order valence-corrected chi connectivity index (χ2v) is 10.3. The summed E-state index contributed by atoms with van der Waals surface area (Å²) >= 11 is 0. The van der Waals surface area contributed by atoms with E-state index in [0.717, 1.165) is 50.1 Å². The summed E-state index contributed by atoms with van der Waals surface area (Å²) in [4.78, 5) is 0. The highest BCUT2D eigenvalue weighted by Gasteiger charge is 2.19. The molecule has 0 unspecified atom stereocenters. The number of nitrogens with two attached hydrogens (primary N) is 1. The Balaban J connectivity index is 1.23. The zero-order chi connectivity index (χ0) is 26.8. The first-order valence-corrected chi connectivity index (χ1v) is 13.4. The van der Waals surface area contributed by atoms with Crippen LogP contribution in [0.2, 0.25) is 0 Å². The molecule has 3 nitrogen and oxygen atoms in total. The van der Waals surface area contributed by atoms with E-state index in [1.54, 1.807) is 0 Å². The Labute approximate surface area is 230 Å². The van der Waals surface area contributed by atoms with Gasteiger partial charge in [-0.15, -0.1) is 0 Å². The van der Waals surface area contributed by atoms with Crippen LogP contribution in [-0.4, -0.2) is 5.84 Å². The monoisotopic (exact) mass is 512 g/mol. The number of nitrogen functional groups attached to an aromatic ring is 1. The lowest BCUT2D eigenvalue weighted by molar-refractivity contribution is 0.670. The van der Waals surface area contributed by atoms with Crippen LogP contribution in [-0.2, 0) is 0 Å². The molecule has 3 N–H and O–H groups in total. The molecule has 0 radical (unpaired) electrons. The molecule has 0 saturated heterocycles. The summed E-state index contributed by atoms with van der Waals surface area (Å²) in [5.74, 6) is 0.0756. The van der Waals surface area contributed by atoms with Gasteiger partial charge in [0.25, 0.3) is 0 Å². The van der Waals surface area contributed by atoms with Gasteiger partial charge in [0.1, 0.15) is 17.0 Å². The van der Waals surface area contributed by atoms with Crippen molar-refractivity contribution in [2.24, 2.45) is 5.73 Å². The lowest BCUT2D eigenvalue weighted by Crippen LogP contribution is -2.10. The standard InChI is InChI=1S/C37H24N2O/c38-37(39)27-9-4-8-26(21-27)25-7-3-6-24(20-25)22-14-16-23(17-15-22)28-18-19-32-30-11-2-1-10-29(30)31-12-5-13-33-34(31)35(32)36(28)40-33/h1-21H,(H3,38,39). The third kappa shape index (κ3) is 3.35. The van der Waals surface area contributed by atoms with Gasteiger partial charge in [0.15, 0.2) is 0 Å². The van der Waals surface area contributed by atoms with E-state index in [0.29, 0.717) is 0 Å². The zero-order valence-electron chi connectivity index (χ0n) is 21.6. The molecular weight excluding hydrogens is 488 g/mol. The maximum atomic E-state index is 7.77. The van der Waals surface area contributed by atoms with Crippen molar-refractivity contribution in [2.45, 2.75) is 0 Å². The molecule has 0 aliphatic carbocycles. The fourth-order valence-corrected chi connectivity index (χ4v) is 6.14. The molecule has 1 aromatic heterocycles. The molecule has 8 aromatic rings. The highest BCUT2D eigenvalue weighted by atomic mass is 16.3. The molecule has 1 heterocycles. The predicted molar refractivity (Wildman–Crippen MR) is 167 cm³/mol. The van der Waals surface area contributed by atoms with E-state index in [1.165, 1.54) is 32.3 Å². The molecule has 0 aliphatic rings. The number of amidine groups is 1. The second kappa shape index (κ2) is 8.55. The van der Waals surface area contributed by atoms with E-state index in [1.807, 2.05) is 18.2 Å². The van der Waals surface area contributed by atoms with Crippen molar-refractivity contribution in [1.29, 1.82) is 5.41 Å². The Hall–Kier alpha value is -5.41. The first-order valence-electron chi connectivity index (χ1n) is 13.4. The van der Waals surface area contributed by atoms with E-state index >= 15 is 0 Å². The normalized spacial score (nSPS) is 11.7. The number of rotatable bonds is 4. The summed E-state index contributed by atoms with van der Waals surface area (Å²) in [5.41, 5.74) is 14.9. The van der Waals surface area contributed by atoms with Crippen LogP contribution in [0, 0.1) is 5.41 Å². The van der Waals surface area contributed by atoms with Gasteiger partial charge in [0.05, 0.1) is 0 Å². The molecule has 0 saturated carbocycles. The molecule has 188 valence electrons. The molecular formula is C37H24N2O. The van der Waals surface area contributed by atoms with Crippen LogP contribution in [0.15, 0.2) is 132 Å². The van der Waals surface area contributed by atoms with Gasteiger partial charge in [-0.25, -0.2) is 0 Å². The van der Waals surface area contributed by atoms with Crippen LogP contribution >= 0.6 is 0 Å². The van der Waals surface area contributed by atoms with Gasteiger partial charge in [-0.3, -0.25) is 5.41 Å². The Kier molecular flexibility index (Phi) is 4.82. The summed E-state index contributed by atoms with van der Waals surface area (Å²) in [5, 5.41) is 15.2. The van der Waals surface area contributed by atoms with Gasteiger partial charge in [0, 0.05) is 21.9 Å². The molecule has 0 aliphatic heterocycles. The van der Waals surface area contributed by atoms with Gasteiger partial charge in [-0.2, -0.15) is 0 Å². The number of nitrogens with one attached hydrogen (secondary N) is 1. The maximum Gasteiger partial charge on any atom is 0.143 e.